The maximum atomic E-state index is 7.88. The van der Waals surface area contributed by atoms with Gasteiger partial charge in [0.25, 0.3) is 0 Å². The first-order valence-corrected chi connectivity index (χ1v) is 4.48. The fourth-order valence-electron chi connectivity index (χ4n) is 0.634. The van der Waals surface area contributed by atoms with Crippen LogP contribution in [-0.4, -0.2) is 28.9 Å². The average molecular weight is 197 g/mol. The van der Waals surface area contributed by atoms with E-state index in [2.05, 4.69) is 9.68 Å². The predicted octanol–water partition coefficient (Wildman–Crippen LogP) is 0.218. The van der Waals surface area contributed by atoms with Crippen molar-refractivity contribution >= 4 is 12.9 Å². The third kappa shape index (κ3) is 2.59. The van der Waals surface area contributed by atoms with Crippen molar-refractivity contribution in [2.45, 2.75) is 38.9 Å². The van der Waals surface area contributed by atoms with Gasteiger partial charge in [-0.1, -0.05) is 5.16 Å². The van der Waals surface area contributed by atoms with Crippen LogP contribution in [0.25, 0.3) is 0 Å². The number of hydrogen-bond acceptors (Lipinski definition) is 3. The van der Waals surface area contributed by atoms with Crippen molar-refractivity contribution in [3.8, 4) is 0 Å². The van der Waals surface area contributed by atoms with Crippen LogP contribution in [0.3, 0.4) is 0 Å². The Balaban J connectivity index is 2.53. The van der Waals surface area contributed by atoms with Crippen LogP contribution in [0.15, 0.2) is 17.0 Å². The van der Waals surface area contributed by atoms with Crippen LogP contribution in [0.2, 0.25) is 0 Å². The molecule has 0 aliphatic carbocycles. The topological polar surface area (TPSA) is 58.2 Å². The Bertz CT molecular complexity index is 277. The van der Waals surface area contributed by atoms with E-state index in [0.29, 0.717) is 0 Å². The van der Waals surface area contributed by atoms with E-state index in [1.807, 2.05) is 27.7 Å². The van der Waals surface area contributed by atoms with E-state index in [9.17, 15) is 0 Å². The fourth-order valence-corrected chi connectivity index (χ4v) is 0.634. The highest BCUT2D eigenvalue weighted by Crippen LogP contribution is 2.24. The summed E-state index contributed by atoms with van der Waals surface area (Å²) in [6.07, 6.45) is 3.06. The minimum Gasteiger partial charge on any atom is -0.439 e. The molecule has 1 aromatic rings. The Morgan fingerprint density at radius 1 is 1.43 bits per heavy atom. The third-order valence-electron chi connectivity index (χ3n) is 2.45. The quantitative estimate of drug-likeness (QED) is 0.512. The van der Waals surface area contributed by atoms with Crippen LogP contribution in [0, 0.1) is 0 Å². The molecular weight excluding hydrogens is 181 g/mol. The number of aromatic nitrogens is 1. The average Bonchev–Trinajstić information content (AvgIpc) is 2.50. The standard InChI is InChI=1S/C9H15BNO3/c1-8(2,12)9(3,4)14-10-7-5-11-13-6-7/h5-6,12H,1-4H3/p+1. The Morgan fingerprint density at radius 2 is 2.07 bits per heavy atom. The van der Waals surface area contributed by atoms with E-state index < -0.39 is 11.2 Å². The SMILES string of the molecule is CC(C)([OH2+])C(C)(C)O[B]c1cnoc1. The minimum atomic E-state index is -0.666. The van der Waals surface area contributed by atoms with Gasteiger partial charge in [-0.15, -0.1) is 0 Å². The second-order valence-electron chi connectivity index (χ2n) is 4.33. The van der Waals surface area contributed by atoms with Crippen LogP contribution in [0.5, 0.6) is 0 Å². The van der Waals surface area contributed by atoms with Crippen molar-refractivity contribution in [3.05, 3.63) is 12.5 Å². The molecule has 0 fully saturated rings. The molecule has 0 unspecified atom stereocenters. The van der Waals surface area contributed by atoms with Gasteiger partial charge in [-0.2, -0.15) is 0 Å². The molecule has 0 saturated carbocycles. The van der Waals surface area contributed by atoms with E-state index >= 15 is 0 Å². The highest BCUT2D eigenvalue weighted by molar-refractivity contribution is 6.46. The zero-order valence-electron chi connectivity index (χ0n) is 9.00. The molecule has 0 spiro atoms. The largest absolute Gasteiger partial charge is 0.439 e. The Hall–Kier alpha value is -0.805. The molecule has 4 nitrogen and oxygen atoms in total. The van der Waals surface area contributed by atoms with Crippen molar-refractivity contribution in [2.75, 3.05) is 0 Å². The van der Waals surface area contributed by atoms with Gasteiger partial charge in [-0.25, -0.2) is 0 Å². The molecule has 77 valence electrons. The molecule has 0 aliphatic rings. The van der Waals surface area contributed by atoms with Gasteiger partial charge in [0.15, 0.2) is 5.60 Å². The summed E-state index contributed by atoms with van der Waals surface area (Å²) in [5.74, 6) is 0. The summed E-state index contributed by atoms with van der Waals surface area (Å²) in [6.45, 7) is 7.39. The van der Waals surface area contributed by atoms with E-state index in [1.54, 1.807) is 13.7 Å². The summed E-state index contributed by atoms with van der Waals surface area (Å²) >= 11 is 0. The Labute approximate surface area is 84.5 Å². The highest BCUT2D eigenvalue weighted by atomic mass is 16.5. The van der Waals surface area contributed by atoms with Crippen LogP contribution in [-0.2, 0) is 4.65 Å². The van der Waals surface area contributed by atoms with Crippen molar-refractivity contribution in [3.63, 3.8) is 0 Å². The Morgan fingerprint density at radius 3 is 2.50 bits per heavy atom. The minimum absolute atomic E-state index is 0.551. The second-order valence-corrected chi connectivity index (χ2v) is 4.33. The van der Waals surface area contributed by atoms with Gasteiger partial charge in [0.1, 0.15) is 11.9 Å². The maximum absolute atomic E-state index is 7.88. The van der Waals surface area contributed by atoms with Gasteiger partial charge in [-0.05, 0) is 13.8 Å². The molecule has 0 bridgehead atoms. The first-order chi connectivity index (χ1) is 6.33. The van der Waals surface area contributed by atoms with Crippen molar-refractivity contribution in [1.29, 1.82) is 0 Å². The first-order valence-electron chi connectivity index (χ1n) is 4.48. The van der Waals surface area contributed by atoms with E-state index in [0.717, 1.165) is 5.46 Å². The maximum Gasteiger partial charge on any atom is 0.336 e. The molecule has 2 N–H and O–H groups in total. The molecule has 0 aliphatic heterocycles. The summed E-state index contributed by atoms with van der Waals surface area (Å²) in [4.78, 5) is 0. The van der Waals surface area contributed by atoms with Crippen molar-refractivity contribution < 1.29 is 14.3 Å². The predicted molar refractivity (Wildman–Crippen MR) is 54.7 cm³/mol. The van der Waals surface area contributed by atoms with Crippen LogP contribution < -0.4 is 5.46 Å². The summed E-state index contributed by atoms with van der Waals surface area (Å²) in [7, 11) is 1.56. The molecule has 5 heteroatoms. The molecule has 14 heavy (non-hydrogen) atoms. The summed E-state index contributed by atoms with van der Waals surface area (Å²) < 4.78 is 10.2. The normalized spacial score (nSPS) is 12.9. The lowest BCUT2D eigenvalue weighted by atomic mass is 9.84. The first kappa shape index (κ1) is 11.3. The van der Waals surface area contributed by atoms with Crippen LogP contribution in [0.1, 0.15) is 27.7 Å². The lowest BCUT2D eigenvalue weighted by molar-refractivity contribution is -0.0893. The monoisotopic (exact) mass is 197 g/mol. The number of nitrogens with zero attached hydrogens (tertiary/aromatic N) is 1. The van der Waals surface area contributed by atoms with E-state index in [-0.39, 0.29) is 0 Å². The van der Waals surface area contributed by atoms with Crippen LogP contribution >= 0.6 is 0 Å². The van der Waals surface area contributed by atoms with E-state index in [1.165, 1.54) is 6.26 Å². The molecule has 1 rings (SSSR count). The van der Waals surface area contributed by atoms with Gasteiger partial charge in [0.05, 0.1) is 6.20 Å². The molecule has 0 atom stereocenters. The van der Waals surface area contributed by atoms with Gasteiger partial charge in [0.2, 0.25) is 0 Å². The van der Waals surface area contributed by atoms with Gasteiger partial charge in [0, 0.05) is 19.3 Å². The molecule has 1 radical (unpaired) electrons. The van der Waals surface area contributed by atoms with Gasteiger partial charge >= 0.3 is 7.48 Å². The van der Waals surface area contributed by atoms with Crippen molar-refractivity contribution in [2.24, 2.45) is 0 Å². The Kier molecular flexibility index (Phi) is 3.02. The van der Waals surface area contributed by atoms with E-state index in [4.69, 9.17) is 9.76 Å². The lowest BCUT2D eigenvalue weighted by Gasteiger charge is -2.33. The third-order valence-corrected chi connectivity index (χ3v) is 2.45. The van der Waals surface area contributed by atoms with Crippen molar-refractivity contribution in [1.82, 2.24) is 5.16 Å². The molecule has 0 saturated heterocycles. The zero-order valence-corrected chi connectivity index (χ0v) is 9.00. The lowest BCUT2D eigenvalue weighted by Crippen LogP contribution is -2.49. The molecular formula is C9H16BNO3+. The van der Waals surface area contributed by atoms with Crippen LogP contribution in [0.4, 0.5) is 0 Å². The molecule has 0 amide bonds. The molecule has 0 aromatic carbocycles. The summed E-state index contributed by atoms with van der Waals surface area (Å²) in [5, 5.41) is 11.4. The molecule has 1 heterocycles. The summed E-state index contributed by atoms with van der Waals surface area (Å²) in [6, 6.07) is 0. The zero-order chi connectivity index (χ0) is 10.8. The van der Waals surface area contributed by atoms with Gasteiger partial charge in [-0.3, -0.25) is 0 Å². The number of hydrogen-bond donors (Lipinski definition) is 0. The van der Waals surface area contributed by atoms with Gasteiger partial charge < -0.3 is 14.3 Å². The second kappa shape index (κ2) is 3.75. The fraction of sp³-hybridized carbons (Fsp3) is 0.667. The number of rotatable bonds is 4. The smallest absolute Gasteiger partial charge is 0.336 e. The summed E-state index contributed by atoms with van der Waals surface area (Å²) in [5.41, 5.74) is -0.451. The highest BCUT2D eigenvalue weighted by Gasteiger charge is 2.40. The molecule has 1 aromatic heterocycles.